The number of rotatable bonds is 7. The lowest BCUT2D eigenvalue weighted by Crippen LogP contribution is -2.46. The monoisotopic (exact) mass is 308 g/mol. The Morgan fingerprint density at radius 2 is 1.91 bits per heavy atom. The van der Waals surface area contributed by atoms with E-state index in [1.54, 1.807) is 7.11 Å². The third kappa shape index (κ3) is 5.09. The van der Waals surface area contributed by atoms with Crippen LogP contribution in [0.4, 0.5) is 0 Å². The minimum absolute atomic E-state index is 0.0630. The first-order chi connectivity index (χ1) is 10.5. The molecule has 0 aliphatic carbocycles. The minimum Gasteiger partial charge on any atom is -0.497 e. The predicted octanol–water partition coefficient (Wildman–Crippen LogP) is 2.71. The van der Waals surface area contributed by atoms with Gasteiger partial charge in [-0.1, -0.05) is 12.1 Å². The summed E-state index contributed by atoms with van der Waals surface area (Å²) in [5.41, 5.74) is 1.08. The molecule has 5 nitrogen and oxygen atoms in total. The largest absolute Gasteiger partial charge is 0.497 e. The van der Waals surface area contributed by atoms with Crippen LogP contribution in [-0.4, -0.2) is 38.0 Å². The van der Waals surface area contributed by atoms with Crippen LogP contribution in [0.1, 0.15) is 32.3 Å². The molecule has 1 aromatic rings. The number of carbonyl (C=O) groups excluding carboxylic acids is 1. The Morgan fingerprint density at radius 1 is 1.23 bits per heavy atom. The van der Waals surface area contributed by atoms with Crippen molar-refractivity contribution in [3.63, 3.8) is 0 Å². The fourth-order valence-electron chi connectivity index (χ4n) is 2.60. The van der Waals surface area contributed by atoms with Crippen LogP contribution in [-0.2, 0) is 25.6 Å². The predicted molar refractivity (Wildman–Crippen MR) is 81.8 cm³/mol. The summed E-state index contributed by atoms with van der Waals surface area (Å²) in [5, 5.41) is 0. The van der Waals surface area contributed by atoms with Crippen molar-refractivity contribution in [1.29, 1.82) is 0 Å². The smallest absolute Gasteiger partial charge is 0.163 e. The molecular weight excluding hydrogens is 284 g/mol. The van der Waals surface area contributed by atoms with Crippen LogP contribution in [0, 0.1) is 0 Å². The molecule has 1 fully saturated rings. The van der Waals surface area contributed by atoms with Gasteiger partial charge in [-0.25, -0.2) is 0 Å². The molecule has 1 heterocycles. The zero-order valence-corrected chi connectivity index (χ0v) is 13.4. The molecule has 22 heavy (non-hydrogen) atoms. The van der Waals surface area contributed by atoms with E-state index in [1.807, 2.05) is 38.1 Å². The summed E-state index contributed by atoms with van der Waals surface area (Å²) in [6.45, 7) is 4.72. The van der Waals surface area contributed by atoms with Gasteiger partial charge < -0.3 is 23.7 Å². The second-order valence-corrected chi connectivity index (χ2v) is 5.88. The number of hydrogen-bond donors (Lipinski definition) is 0. The van der Waals surface area contributed by atoms with Crippen LogP contribution in [0.15, 0.2) is 24.3 Å². The molecule has 0 radical (unpaired) electrons. The van der Waals surface area contributed by atoms with Gasteiger partial charge >= 0.3 is 0 Å². The molecule has 2 unspecified atom stereocenters. The Kier molecular flexibility index (Phi) is 5.94. The van der Waals surface area contributed by atoms with E-state index in [0.717, 1.165) is 17.6 Å². The van der Waals surface area contributed by atoms with Crippen molar-refractivity contribution in [3.8, 4) is 5.75 Å². The summed E-state index contributed by atoms with van der Waals surface area (Å²) in [6.07, 6.45) is 1.79. The number of benzene rings is 1. The highest BCUT2D eigenvalue weighted by molar-refractivity contribution is 5.50. The zero-order valence-electron chi connectivity index (χ0n) is 13.4. The fraction of sp³-hybridized carbons (Fsp3) is 0.588. The highest BCUT2D eigenvalue weighted by atomic mass is 16.7. The van der Waals surface area contributed by atoms with Crippen LogP contribution in [0.3, 0.4) is 0 Å². The Morgan fingerprint density at radius 3 is 2.55 bits per heavy atom. The molecule has 0 spiro atoms. The standard InChI is InChI=1S/C17H24O5/c1-17(2)21-15(8-9-18)10-16(22-17)12-20-11-13-4-6-14(19-3)7-5-13/h4-7,9,15-16H,8,10-12H2,1-3H3. The molecule has 1 aliphatic rings. The normalized spacial score (nSPS) is 24.0. The Hall–Kier alpha value is -1.43. The summed E-state index contributed by atoms with van der Waals surface area (Å²) in [6, 6.07) is 7.77. The van der Waals surface area contributed by atoms with Gasteiger partial charge in [0.15, 0.2) is 5.79 Å². The molecule has 1 aliphatic heterocycles. The molecule has 2 rings (SSSR count). The second-order valence-electron chi connectivity index (χ2n) is 5.88. The van der Waals surface area contributed by atoms with Crippen molar-refractivity contribution in [2.45, 2.75) is 51.3 Å². The quantitative estimate of drug-likeness (QED) is 0.725. The Balaban J connectivity index is 1.80. The number of methoxy groups -OCH3 is 1. The van der Waals surface area contributed by atoms with Gasteiger partial charge in [0.2, 0.25) is 0 Å². The van der Waals surface area contributed by atoms with E-state index >= 15 is 0 Å². The number of ether oxygens (including phenoxy) is 4. The van der Waals surface area contributed by atoms with Crippen molar-refractivity contribution in [2.24, 2.45) is 0 Å². The highest BCUT2D eigenvalue weighted by Gasteiger charge is 2.35. The van der Waals surface area contributed by atoms with Gasteiger partial charge in [0.05, 0.1) is 32.5 Å². The molecule has 122 valence electrons. The first-order valence-electron chi connectivity index (χ1n) is 7.52. The van der Waals surface area contributed by atoms with Crippen LogP contribution in [0.5, 0.6) is 5.75 Å². The highest BCUT2D eigenvalue weighted by Crippen LogP contribution is 2.28. The maximum Gasteiger partial charge on any atom is 0.163 e. The fourth-order valence-corrected chi connectivity index (χ4v) is 2.60. The van der Waals surface area contributed by atoms with E-state index in [0.29, 0.717) is 26.1 Å². The van der Waals surface area contributed by atoms with Crippen LogP contribution in [0.25, 0.3) is 0 Å². The number of hydrogen-bond acceptors (Lipinski definition) is 5. The first-order valence-corrected chi connectivity index (χ1v) is 7.52. The Bertz CT molecular complexity index is 468. The van der Waals surface area contributed by atoms with Crippen molar-refractivity contribution >= 4 is 6.29 Å². The van der Waals surface area contributed by atoms with Crippen molar-refractivity contribution in [2.75, 3.05) is 13.7 Å². The zero-order chi connectivity index (χ0) is 16.0. The van der Waals surface area contributed by atoms with Gasteiger partial charge in [0.25, 0.3) is 0 Å². The SMILES string of the molecule is COc1ccc(COCC2CC(CC=O)OC(C)(C)O2)cc1. The lowest BCUT2D eigenvalue weighted by atomic mass is 10.1. The van der Waals surface area contributed by atoms with E-state index in [1.165, 1.54) is 0 Å². The van der Waals surface area contributed by atoms with Crippen molar-refractivity contribution in [1.82, 2.24) is 0 Å². The van der Waals surface area contributed by atoms with E-state index in [-0.39, 0.29) is 12.2 Å². The lowest BCUT2D eigenvalue weighted by molar-refractivity contribution is -0.305. The van der Waals surface area contributed by atoms with E-state index in [4.69, 9.17) is 18.9 Å². The summed E-state index contributed by atoms with van der Waals surface area (Å²) < 4.78 is 22.4. The average Bonchev–Trinajstić information content (AvgIpc) is 2.47. The van der Waals surface area contributed by atoms with Gasteiger partial charge in [-0.3, -0.25) is 0 Å². The Labute approximate surface area is 131 Å². The van der Waals surface area contributed by atoms with Gasteiger partial charge in [-0.05, 0) is 31.5 Å². The molecule has 0 amide bonds. The van der Waals surface area contributed by atoms with Gasteiger partial charge in [0, 0.05) is 12.8 Å². The third-order valence-electron chi connectivity index (χ3n) is 3.52. The molecule has 5 heteroatoms. The number of carbonyl (C=O) groups is 1. The maximum absolute atomic E-state index is 10.7. The molecular formula is C17H24O5. The average molecular weight is 308 g/mol. The molecule has 1 aromatic carbocycles. The molecule has 2 atom stereocenters. The number of aldehydes is 1. The van der Waals surface area contributed by atoms with Gasteiger partial charge in [-0.2, -0.15) is 0 Å². The molecule has 0 N–H and O–H groups in total. The van der Waals surface area contributed by atoms with Crippen LogP contribution in [0.2, 0.25) is 0 Å². The lowest BCUT2D eigenvalue weighted by Gasteiger charge is -2.40. The van der Waals surface area contributed by atoms with Gasteiger partial charge in [0.1, 0.15) is 12.0 Å². The summed E-state index contributed by atoms with van der Waals surface area (Å²) in [7, 11) is 1.64. The van der Waals surface area contributed by atoms with Crippen LogP contribution < -0.4 is 4.74 Å². The van der Waals surface area contributed by atoms with E-state index in [2.05, 4.69) is 0 Å². The van der Waals surface area contributed by atoms with Crippen molar-refractivity contribution in [3.05, 3.63) is 29.8 Å². The summed E-state index contributed by atoms with van der Waals surface area (Å²) >= 11 is 0. The maximum atomic E-state index is 10.7. The van der Waals surface area contributed by atoms with Crippen LogP contribution >= 0.6 is 0 Å². The topological polar surface area (TPSA) is 54.0 Å². The van der Waals surface area contributed by atoms with E-state index in [9.17, 15) is 4.79 Å². The van der Waals surface area contributed by atoms with Gasteiger partial charge in [-0.15, -0.1) is 0 Å². The third-order valence-corrected chi connectivity index (χ3v) is 3.52. The van der Waals surface area contributed by atoms with E-state index < -0.39 is 5.79 Å². The summed E-state index contributed by atoms with van der Waals surface area (Å²) in [5.74, 6) is 0.148. The van der Waals surface area contributed by atoms with Crippen molar-refractivity contribution < 1.29 is 23.7 Å². The summed E-state index contributed by atoms with van der Waals surface area (Å²) in [4.78, 5) is 10.7. The molecule has 1 saturated heterocycles. The molecule has 0 aromatic heterocycles. The molecule has 0 bridgehead atoms. The second kappa shape index (κ2) is 7.72. The minimum atomic E-state index is -0.680. The molecule has 0 saturated carbocycles. The first kappa shape index (κ1) is 16.9.